The average Bonchev–Trinajstić information content (AvgIpc) is 3.81. The van der Waals surface area contributed by atoms with E-state index < -0.39 is 0 Å². The van der Waals surface area contributed by atoms with Crippen LogP contribution in [-0.4, -0.2) is 9.13 Å². The lowest BCUT2D eigenvalue weighted by molar-refractivity contribution is 0.670. The minimum absolute atomic E-state index is 0.898. The third-order valence-corrected chi connectivity index (χ3v) is 10.3. The first-order chi connectivity index (χ1) is 24.3. The van der Waals surface area contributed by atoms with E-state index in [1.165, 1.54) is 54.4 Å². The quantitative estimate of drug-likeness (QED) is 0.192. The molecule has 0 N–H and O–H groups in total. The van der Waals surface area contributed by atoms with Gasteiger partial charge in [0.15, 0.2) is 0 Å². The zero-order chi connectivity index (χ0) is 32.1. The Hall–Kier alpha value is -6.58. The Morgan fingerprint density at radius 1 is 0.367 bits per heavy atom. The normalized spacial score (nSPS) is 12.1. The predicted molar refractivity (Wildman–Crippen MR) is 205 cm³/mol. The molecule has 3 nitrogen and oxygen atoms in total. The summed E-state index contributed by atoms with van der Waals surface area (Å²) in [5.74, 6) is 0. The van der Waals surface area contributed by atoms with E-state index in [1.54, 1.807) is 0 Å². The molecule has 0 unspecified atom stereocenters. The van der Waals surface area contributed by atoms with Crippen LogP contribution in [-0.2, 0) is 0 Å². The number of furan rings is 1. The number of nitrogens with zero attached hydrogens (tertiary/aromatic N) is 2. The van der Waals surface area contributed by atoms with Gasteiger partial charge in [0, 0.05) is 49.3 Å². The summed E-state index contributed by atoms with van der Waals surface area (Å²) in [6, 6.07) is 61.3. The Bertz CT molecular complexity index is 3090. The number of fused-ring (bicyclic) bond motifs is 11. The second-order valence-corrected chi connectivity index (χ2v) is 12.9. The van der Waals surface area contributed by atoms with Crippen LogP contribution in [0.15, 0.2) is 174 Å². The van der Waals surface area contributed by atoms with Gasteiger partial charge in [-0.05, 0) is 70.9 Å². The maximum Gasteiger partial charge on any atom is 0.143 e. The molecule has 0 saturated heterocycles. The van der Waals surface area contributed by atoms with Crippen molar-refractivity contribution in [2.24, 2.45) is 0 Å². The van der Waals surface area contributed by atoms with Gasteiger partial charge in [0.1, 0.15) is 11.2 Å². The number of rotatable bonds is 3. The summed E-state index contributed by atoms with van der Waals surface area (Å²) in [7, 11) is 0. The monoisotopic (exact) mass is 624 g/mol. The Balaban J connectivity index is 1.32. The molecule has 11 aromatic rings. The van der Waals surface area contributed by atoms with Crippen molar-refractivity contribution in [3.8, 4) is 22.5 Å². The molecule has 11 rings (SSSR count). The number of benzene rings is 8. The molecule has 3 heterocycles. The number of para-hydroxylation sites is 3. The highest BCUT2D eigenvalue weighted by Gasteiger charge is 2.21. The standard InChI is InChI=1S/C46H28N2O/c1-3-13-29(14-4-1)36-25-32(26-38-35-20-10-12-22-44(35)49-46(36)38)48-40-21-11-9-19-34(40)37-27-39-43(28-42(37)48)47(31-16-5-2-6-17-31)41-24-23-30-15-7-8-18-33(30)45(39)41/h1-28H. The van der Waals surface area contributed by atoms with Crippen molar-refractivity contribution in [2.45, 2.75) is 0 Å². The van der Waals surface area contributed by atoms with Gasteiger partial charge in [-0.2, -0.15) is 0 Å². The SMILES string of the molecule is c1ccc(-c2cc(-n3c4ccccc4c4cc5c6c7ccccc7ccc6n(-c6ccccc6)c5cc43)cc3c2oc2ccccc23)cc1. The minimum Gasteiger partial charge on any atom is -0.455 e. The van der Waals surface area contributed by atoms with Crippen LogP contribution in [0.3, 0.4) is 0 Å². The minimum atomic E-state index is 0.898. The molecule has 0 amide bonds. The van der Waals surface area contributed by atoms with Crippen molar-refractivity contribution < 1.29 is 4.42 Å². The molecule has 0 aliphatic carbocycles. The van der Waals surface area contributed by atoms with E-state index in [0.29, 0.717) is 0 Å². The van der Waals surface area contributed by atoms with Crippen LogP contribution in [0.2, 0.25) is 0 Å². The van der Waals surface area contributed by atoms with Crippen molar-refractivity contribution in [3.05, 3.63) is 170 Å². The first-order valence-corrected chi connectivity index (χ1v) is 16.8. The van der Waals surface area contributed by atoms with Gasteiger partial charge in [-0.25, -0.2) is 0 Å². The summed E-state index contributed by atoms with van der Waals surface area (Å²) in [6.07, 6.45) is 0. The molecule has 0 aliphatic rings. The third kappa shape index (κ3) is 3.73. The van der Waals surface area contributed by atoms with Crippen LogP contribution in [0.4, 0.5) is 0 Å². The summed E-state index contributed by atoms with van der Waals surface area (Å²) in [5, 5.41) is 9.77. The maximum absolute atomic E-state index is 6.56. The highest BCUT2D eigenvalue weighted by molar-refractivity contribution is 6.25. The Kier molecular flexibility index (Phi) is 5.38. The van der Waals surface area contributed by atoms with Crippen LogP contribution in [0.5, 0.6) is 0 Å². The first kappa shape index (κ1) is 26.5. The number of hydrogen-bond acceptors (Lipinski definition) is 1. The largest absolute Gasteiger partial charge is 0.455 e. The molecule has 3 heteroatoms. The van der Waals surface area contributed by atoms with Gasteiger partial charge in [0.25, 0.3) is 0 Å². The van der Waals surface area contributed by atoms with Gasteiger partial charge >= 0.3 is 0 Å². The fraction of sp³-hybridized carbons (Fsp3) is 0. The molecule has 8 aromatic carbocycles. The zero-order valence-electron chi connectivity index (χ0n) is 26.5. The van der Waals surface area contributed by atoms with E-state index >= 15 is 0 Å². The van der Waals surface area contributed by atoms with Gasteiger partial charge in [0.2, 0.25) is 0 Å². The van der Waals surface area contributed by atoms with Crippen molar-refractivity contribution in [2.75, 3.05) is 0 Å². The smallest absolute Gasteiger partial charge is 0.143 e. The van der Waals surface area contributed by atoms with E-state index in [-0.39, 0.29) is 0 Å². The Morgan fingerprint density at radius 3 is 1.90 bits per heavy atom. The van der Waals surface area contributed by atoms with E-state index in [2.05, 4.69) is 173 Å². The molecular formula is C46H28N2O. The molecule has 3 aromatic heterocycles. The first-order valence-electron chi connectivity index (χ1n) is 16.8. The zero-order valence-corrected chi connectivity index (χ0v) is 26.5. The van der Waals surface area contributed by atoms with Gasteiger partial charge in [-0.15, -0.1) is 0 Å². The molecule has 228 valence electrons. The second-order valence-electron chi connectivity index (χ2n) is 12.9. The molecule has 0 fully saturated rings. The van der Waals surface area contributed by atoms with E-state index in [9.17, 15) is 0 Å². The van der Waals surface area contributed by atoms with Crippen LogP contribution >= 0.6 is 0 Å². The van der Waals surface area contributed by atoms with E-state index in [0.717, 1.165) is 44.4 Å². The lowest BCUT2D eigenvalue weighted by Crippen LogP contribution is -1.96. The lowest BCUT2D eigenvalue weighted by Gasteiger charge is -2.12. The van der Waals surface area contributed by atoms with E-state index in [4.69, 9.17) is 4.42 Å². The summed E-state index contributed by atoms with van der Waals surface area (Å²) < 4.78 is 11.4. The van der Waals surface area contributed by atoms with Gasteiger partial charge in [-0.1, -0.05) is 115 Å². The maximum atomic E-state index is 6.56. The second kappa shape index (κ2) is 9.96. The highest BCUT2D eigenvalue weighted by atomic mass is 16.3. The highest BCUT2D eigenvalue weighted by Crippen LogP contribution is 2.44. The van der Waals surface area contributed by atoms with Crippen molar-refractivity contribution in [1.82, 2.24) is 9.13 Å². The van der Waals surface area contributed by atoms with E-state index in [1.807, 2.05) is 6.07 Å². The Labute approximate surface area is 281 Å². The lowest BCUT2D eigenvalue weighted by atomic mass is 10.0. The molecule has 0 bridgehead atoms. The van der Waals surface area contributed by atoms with Crippen LogP contribution in [0.1, 0.15) is 0 Å². The topological polar surface area (TPSA) is 23.0 Å². The van der Waals surface area contributed by atoms with Crippen molar-refractivity contribution in [3.63, 3.8) is 0 Å². The predicted octanol–water partition coefficient (Wildman–Crippen LogP) is 12.6. The van der Waals surface area contributed by atoms with Crippen LogP contribution in [0, 0.1) is 0 Å². The van der Waals surface area contributed by atoms with Crippen molar-refractivity contribution in [1.29, 1.82) is 0 Å². The molecular weight excluding hydrogens is 597 g/mol. The van der Waals surface area contributed by atoms with Crippen molar-refractivity contribution >= 4 is 76.3 Å². The molecule has 0 spiro atoms. The summed E-state index contributed by atoms with van der Waals surface area (Å²) >= 11 is 0. The molecule has 0 saturated carbocycles. The number of aromatic nitrogens is 2. The molecule has 0 atom stereocenters. The van der Waals surface area contributed by atoms with Gasteiger partial charge < -0.3 is 13.6 Å². The molecule has 0 aliphatic heterocycles. The Morgan fingerprint density at radius 2 is 1.04 bits per heavy atom. The van der Waals surface area contributed by atoms with Gasteiger partial charge in [0.05, 0.1) is 22.1 Å². The van der Waals surface area contributed by atoms with Crippen LogP contribution in [0.25, 0.3) is 98.8 Å². The fourth-order valence-electron chi connectivity index (χ4n) is 8.15. The third-order valence-electron chi connectivity index (χ3n) is 10.3. The number of hydrogen-bond donors (Lipinski definition) is 0. The summed E-state index contributed by atoms with van der Waals surface area (Å²) in [5.41, 5.74) is 11.0. The van der Waals surface area contributed by atoms with Gasteiger partial charge in [-0.3, -0.25) is 0 Å². The fourth-order valence-corrected chi connectivity index (χ4v) is 8.15. The molecule has 49 heavy (non-hydrogen) atoms. The molecule has 0 radical (unpaired) electrons. The summed E-state index contributed by atoms with van der Waals surface area (Å²) in [4.78, 5) is 0. The van der Waals surface area contributed by atoms with Crippen LogP contribution < -0.4 is 0 Å². The summed E-state index contributed by atoms with van der Waals surface area (Å²) in [6.45, 7) is 0. The average molecular weight is 625 g/mol.